The predicted molar refractivity (Wildman–Crippen MR) is 90.3 cm³/mol. The van der Waals surface area contributed by atoms with Crippen LogP contribution in [-0.2, 0) is 0 Å². The van der Waals surface area contributed by atoms with Crippen LogP contribution in [0.5, 0.6) is 0 Å². The first-order valence-corrected chi connectivity index (χ1v) is 7.76. The Kier molecular flexibility index (Phi) is 3.72. The molecule has 0 aliphatic carbocycles. The Morgan fingerprint density at radius 3 is 2.52 bits per heavy atom. The summed E-state index contributed by atoms with van der Waals surface area (Å²) in [6, 6.07) is 13.8. The number of benzene rings is 2. The molecule has 21 heavy (non-hydrogen) atoms. The molecule has 0 N–H and O–H groups in total. The highest BCUT2D eigenvalue weighted by Crippen LogP contribution is 2.33. The molecular formula is C17H17BrN2O. The number of rotatable bonds is 1. The van der Waals surface area contributed by atoms with Gasteiger partial charge in [0.05, 0.1) is 11.4 Å². The Morgan fingerprint density at radius 1 is 1.05 bits per heavy atom. The largest absolute Gasteiger partial charge is 0.371 e. The van der Waals surface area contributed by atoms with Crippen LogP contribution in [0.25, 0.3) is 0 Å². The number of anilines is 2. The number of halogens is 1. The minimum atomic E-state index is 0.0642. The molecule has 1 amide bonds. The van der Waals surface area contributed by atoms with Crippen molar-refractivity contribution in [2.75, 3.05) is 29.9 Å². The second-order valence-electron chi connectivity index (χ2n) is 5.28. The average molecular weight is 345 g/mol. The molecule has 108 valence electrons. The van der Waals surface area contributed by atoms with Gasteiger partial charge in [-0.2, -0.15) is 0 Å². The van der Waals surface area contributed by atoms with E-state index in [1.54, 1.807) is 0 Å². The van der Waals surface area contributed by atoms with Crippen molar-refractivity contribution in [1.29, 1.82) is 0 Å². The van der Waals surface area contributed by atoms with Crippen LogP contribution in [0.15, 0.2) is 46.9 Å². The van der Waals surface area contributed by atoms with E-state index in [-0.39, 0.29) is 5.91 Å². The maximum Gasteiger partial charge on any atom is 0.258 e. The summed E-state index contributed by atoms with van der Waals surface area (Å²) in [6.07, 6.45) is 0. The predicted octanol–water partition coefficient (Wildman–Crippen LogP) is 3.85. The Morgan fingerprint density at radius 2 is 1.76 bits per heavy atom. The van der Waals surface area contributed by atoms with E-state index in [1.807, 2.05) is 48.2 Å². The van der Waals surface area contributed by atoms with Crippen molar-refractivity contribution >= 4 is 33.2 Å². The first-order chi connectivity index (χ1) is 10.1. The maximum atomic E-state index is 12.9. The minimum Gasteiger partial charge on any atom is -0.371 e. The molecule has 0 unspecified atom stereocenters. The molecule has 0 fully saturated rings. The molecule has 0 radical (unpaired) electrons. The zero-order valence-corrected chi connectivity index (χ0v) is 13.7. The molecule has 2 aromatic carbocycles. The van der Waals surface area contributed by atoms with Crippen molar-refractivity contribution in [2.45, 2.75) is 6.92 Å². The van der Waals surface area contributed by atoms with E-state index in [0.717, 1.165) is 33.5 Å². The van der Waals surface area contributed by atoms with Crippen LogP contribution in [0.4, 0.5) is 11.4 Å². The van der Waals surface area contributed by atoms with Crippen LogP contribution in [0.2, 0.25) is 0 Å². The summed E-state index contributed by atoms with van der Waals surface area (Å²) >= 11 is 3.50. The molecule has 4 heteroatoms. The highest BCUT2D eigenvalue weighted by atomic mass is 79.9. The summed E-state index contributed by atoms with van der Waals surface area (Å²) in [4.78, 5) is 17.0. The Balaban J connectivity index is 2.03. The zero-order chi connectivity index (χ0) is 15.0. The fourth-order valence-corrected chi connectivity index (χ4v) is 3.07. The lowest BCUT2D eigenvalue weighted by Gasteiger charge is -2.35. The standard InChI is InChI=1S/C17H17BrN2O/c1-12-13(6-5-7-14(12)18)17(21)20-11-10-19(2)15-8-3-4-9-16(15)20/h3-9H,10-11H2,1-2H3. The summed E-state index contributed by atoms with van der Waals surface area (Å²) in [7, 11) is 2.06. The SMILES string of the molecule is Cc1c(Br)cccc1C(=O)N1CCN(C)c2ccccc21. The summed E-state index contributed by atoms with van der Waals surface area (Å²) in [5.41, 5.74) is 3.82. The molecule has 1 aliphatic heterocycles. The van der Waals surface area contributed by atoms with E-state index >= 15 is 0 Å². The molecule has 0 aromatic heterocycles. The number of hydrogen-bond acceptors (Lipinski definition) is 2. The van der Waals surface area contributed by atoms with Crippen molar-refractivity contribution < 1.29 is 4.79 Å². The number of nitrogens with zero attached hydrogens (tertiary/aromatic N) is 2. The number of amides is 1. The van der Waals surface area contributed by atoms with Gasteiger partial charge in [-0.05, 0) is 36.8 Å². The number of para-hydroxylation sites is 2. The van der Waals surface area contributed by atoms with Crippen LogP contribution in [-0.4, -0.2) is 26.0 Å². The molecule has 3 nitrogen and oxygen atoms in total. The average Bonchev–Trinajstić information content (AvgIpc) is 2.50. The highest BCUT2D eigenvalue weighted by molar-refractivity contribution is 9.10. The van der Waals surface area contributed by atoms with Gasteiger partial charge >= 0.3 is 0 Å². The molecule has 1 aliphatic rings. The molecule has 0 saturated heterocycles. The topological polar surface area (TPSA) is 23.6 Å². The van der Waals surface area contributed by atoms with E-state index in [9.17, 15) is 4.79 Å². The van der Waals surface area contributed by atoms with E-state index < -0.39 is 0 Å². The van der Waals surface area contributed by atoms with Gasteiger partial charge in [0, 0.05) is 30.2 Å². The van der Waals surface area contributed by atoms with Crippen molar-refractivity contribution in [1.82, 2.24) is 0 Å². The van der Waals surface area contributed by atoms with Crippen molar-refractivity contribution in [3.63, 3.8) is 0 Å². The van der Waals surface area contributed by atoms with E-state index in [1.165, 1.54) is 0 Å². The molecule has 0 atom stereocenters. The van der Waals surface area contributed by atoms with Crippen LogP contribution in [0.3, 0.4) is 0 Å². The third-order valence-corrected chi connectivity index (χ3v) is 4.85. The lowest BCUT2D eigenvalue weighted by molar-refractivity contribution is 0.0986. The third kappa shape index (κ3) is 2.44. The Hall–Kier alpha value is -1.81. The molecular weight excluding hydrogens is 328 g/mol. The second-order valence-corrected chi connectivity index (χ2v) is 6.13. The normalized spacial score (nSPS) is 14.0. The molecule has 0 bridgehead atoms. The van der Waals surface area contributed by atoms with Crippen molar-refractivity contribution in [3.05, 3.63) is 58.1 Å². The van der Waals surface area contributed by atoms with Crippen LogP contribution in [0, 0.1) is 6.92 Å². The molecule has 2 aromatic rings. The Labute approximate surface area is 133 Å². The monoisotopic (exact) mass is 344 g/mol. The van der Waals surface area contributed by atoms with Gasteiger partial charge in [-0.3, -0.25) is 4.79 Å². The number of fused-ring (bicyclic) bond motifs is 1. The van der Waals surface area contributed by atoms with Crippen LogP contribution >= 0.6 is 15.9 Å². The van der Waals surface area contributed by atoms with Gasteiger partial charge in [0.2, 0.25) is 0 Å². The molecule has 0 spiro atoms. The fourth-order valence-electron chi connectivity index (χ4n) is 2.70. The minimum absolute atomic E-state index is 0.0642. The second kappa shape index (κ2) is 5.53. The van der Waals surface area contributed by atoms with Gasteiger partial charge in [0.25, 0.3) is 5.91 Å². The molecule has 0 saturated carbocycles. The van der Waals surface area contributed by atoms with Gasteiger partial charge in [-0.25, -0.2) is 0 Å². The first kappa shape index (κ1) is 14.1. The number of carbonyl (C=O) groups excluding carboxylic acids is 1. The summed E-state index contributed by atoms with van der Waals surface area (Å²) in [5.74, 6) is 0.0642. The molecule has 3 rings (SSSR count). The van der Waals surface area contributed by atoms with Gasteiger partial charge in [0.1, 0.15) is 0 Å². The van der Waals surface area contributed by atoms with Gasteiger partial charge in [-0.15, -0.1) is 0 Å². The maximum absolute atomic E-state index is 12.9. The van der Waals surface area contributed by atoms with Gasteiger partial charge in [-0.1, -0.05) is 34.1 Å². The smallest absolute Gasteiger partial charge is 0.258 e. The van der Waals surface area contributed by atoms with Crippen LogP contribution in [0.1, 0.15) is 15.9 Å². The van der Waals surface area contributed by atoms with Crippen molar-refractivity contribution in [2.24, 2.45) is 0 Å². The highest BCUT2D eigenvalue weighted by Gasteiger charge is 2.26. The molecule has 1 heterocycles. The quantitative estimate of drug-likeness (QED) is 0.784. The van der Waals surface area contributed by atoms with Gasteiger partial charge in [0.15, 0.2) is 0 Å². The lowest BCUT2D eigenvalue weighted by Crippen LogP contribution is -2.42. The lowest BCUT2D eigenvalue weighted by atomic mass is 10.1. The Bertz CT molecular complexity index is 699. The zero-order valence-electron chi connectivity index (χ0n) is 12.1. The third-order valence-electron chi connectivity index (χ3n) is 3.99. The number of carbonyl (C=O) groups is 1. The van der Waals surface area contributed by atoms with Gasteiger partial charge < -0.3 is 9.80 Å². The van der Waals surface area contributed by atoms with Crippen LogP contribution < -0.4 is 9.80 Å². The fraction of sp³-hybridized carbons (Fsp3) is 0.235. The summed E-state index contributed by atoms with van der Waals surface area (Å²) < 4.78 is 0.968. The summed E-state index contributed by atoms with van der Waals surface area (Å²) in [5, 5.41) is 0. The summed E-state index contributed by atoms with van der Waals surface area (Å²) in [6.45, 7) is 3.52. The first-order valence-electron chi connectivity index (χ1n) is 6.96. The van der Waals surface area contributed by atoms with E-state index in [4.69, 9.17) is 0 Å². The van der Waals surface area contributed by atoms with Crippen molar-refractivity contribution in [3.8, 4) is 0 Å². The van der Waals surface area contributed by atoms with E-state index in [0.29, 0.717) is 6.54 Å². The van der Waals surface area contributed by atoms with E-state index in [2.05, 4.69) is 33.9 Å². The number of hydrogen-bond donors (Lipinski definition) is 0. The number of likely N-dealkylation sites (N-methyl/N-ethyl adjacent to an activating group) is 1.